The summed E-state index contributed by atoms with van der Waals surface area (Å²) in [5, 5.41) is 19.0. The third kappa shape index (κ3) is 4.19. The molecule has 9 heteroatoms. The Morgan fingerprint density at radius 2 is 1.96 bits per heavy atom. The van der Waals surface area contributed by atoms with Gasteiger partial charge in [-0.2, -0.15) is 10.2 Å². The van der Waals surface area contributed by atoms with E-state index in [9.17, 15) is 14.7 Å². The van der Waals surface area contributed by atoms with Crippen LogP contribution in [0.25, 0.3) is 0 Å². The van der Waals surface area contributed by atoms with Crippen molar-refractivity contribution in [1.29, 1.82) is 0 Å². The van der Waals surface area contributed by atoms with Crippen molar-refractivity contribution in [1.82, 2.24) is 29.4 Å². The molecule has 0 aliphatic carbocycles. The predicted molar refractivity (Wildman–Crippen MR) is 97.6 cm³/mol. The number of rotatable bonds is 5. The molecule has 9 nitrogen and oxygen atoms in total. The quantitative estimate of drug-likeness (QED) is 0.809. The highest BCUT2D eigenvalue weighted by atomic mass is 16.3. The molecule has 1 aliphatic heterocycles. The average Bonchev–Trinajstić information content (AvgIpc) is 3.16. The van der Waals surface area contributed by atoms with Gasteiger partial charge in [-0.05, 0) is 26.0 Å². The van der Waals surface area contributed by atoms with Gasteiger partial charge in [-0.3, -0.25) is 19.0 Å². The first-order valence-corrected chi connectivity index (χ1v) is 8.98. The lowest BCUT2D eigenvalue weighted by Gasteiger charge is -2.27. The molecule has 0 saturated carbocycles. The van der Waals surface area contributed by atoms with Crippen molar-refractivity contribution in [3.63, 3.8) is 0 Å². The maximum atomic E-state index is 12.6. The fourth-order valence-electron chi connectivity index (χ4n) is 3.18. The van der Waals surface area contributed by atoms with Gasteiger partial charge >= 0.3 is 0 Å². The second kappa shape index (κ2) is 7.51. The van der Waals surface area contributed by atoms with E-state index in [4.69, 9.17) is 0 Å². The maximum absolute atomic E-state index is 12.6. The lowest BCUT2D eigenvalue weighted by molar-refractivity contribution is -0.133. The minimum atomic E-state index is -0.947. The Bertz CT molecular complexity index is 853. The summed E-state index contributed by atoms with van der Waals surface area (Å²) in [4.78, 5) is 27.6. The van der Waals surface area contributed by atoms with Crippen LogP contribution in [0, 0.1) is 13.8 Å². The van der Waals surface area contributed by atoms with Crippen LogP contribution >= 0.6 is 0 Å². The number of aromatic nitrogens is 4. The number of hydrogen-bond donors (Lipinski definition) is 1. The highest BCUT2D eigenvalue weighted by Crippen LogP contribution is 2.21. The van der Waals surface area contributed by atoms with Crippen molar-refractivity contribution in [2.75, 3.05) is 20.6 Å². The number of amides is 2. The molecule has 0 radical (unpaired) electrons. The zero-order chi connectivity index (χ0) is 19.7. The summed E-state index contributed by atoms with van der Waals surface area (Å²) in [6.07, 6.45) is -0.957. The van der Waals surface area contributed by atoms with Crippen LogP contribution in [0.1, 0.15) is 35.3 Å². The van der Waals surface area contributed by atoms with E-state index in [-0.39, 0.29) is 24.8 Å². The summed E-state index contributed by atoms with van der Waals surface area (Å²) in [6.45, 7) is 5.59. The minimum absolute atomic E-state index is 0.00136. The number of aliphatic hydroxyl groups is 1. The van der Waals surface area contributed by atoms with Gasteiger partial charge in [-0.15, -0.1) is 0 Å². The van der Waals surface area contributed by atoms with E-state index in [1.165, 1.54) is 4.90 Å². The predicted octanol–water partition coefficient (Wildman–Crippen LogP) is 0.251. The van der Waals surface area contributed by atoms with Crippen molar-refractivity contribution >= 4 is 11.8 Å². The molecule has 1 atom stereocenters. The van der Waals surface area contributed by atoms with Crippen LogP contribution in [0.2, 0.25) is 0 Å². The molecule has 1 N–H and O–H groups in total. The number of aryl methyl sites for hydroxylation is 2. The molecule has 0 spiro atoms. The molecule has 0 bridgehead atoms. The van der Waals surface area contributed by atoms with E-state index in [0.717, 1.165) is 17.1 Å². The molecule has 3 heterocycles. The highest BCUT2D eigenvalue weighted by molar-refractivity contribution is 5.76. The Kier molecular flexibility index (Phi) is 5.31. The molecule has 2 amide bonds. The van der Waals surface area contributed by atoms with Crippen molar-refractivity contribution in [2.45, 2.75) is 46.0 Å². The van der Waals surface area contributed by atoms with Gasteiger partial charge in [0, 0.05) is 26.3 Å². The zero-order valence-electron chi connectivity index (χ0n) is 16.2. The van der Waals surface area contributed by atoms with E-state index in [0.29, 0.717) is 25.3 Å². The Morgan fingerprint density at radius 1 is 1.22 bits per heavy atom. The Hall–Kier alpha value is -2.68. The normalized spacial score (nSPS) is 14.8. The van der Waals surface area contributed by atoms with Gasteiger partial charge in [-0.1, -0.05) is 0 Å². The first-order valence-electron chi connectivity index (χ1n) is 8.98. The van der Waals surface area contributed by atoms with E-state index >= 15 is 0 Å². The largest absolute Gasteiger partial charge is 0.386 e. The fourth-order valence-corrected chi connectivity index (χ4v) is 3.18. The summed E-state index contributed by atoms with van der Waals surface area (Å²) in [5.74, 6) is -0.159. The van der Waals surface area contributed by atoms with Crippen LogP contribution in [0.15, 0.2) is 12.1 Å². The lowest BCUT2D eigenvalue weighted by Crippen LogP contribution is -2.40. The standard InChI is InChI=1S/C18H26N6O3/c1-12-7-13(2)24(19-12)11-18(27)22-5-6-23-14(10-22)8-15(20-23)16(25)9-17(26)21(3)4/h7-8,16,25H,5-6,9-11H2,1-4H3. The second-order valence-electron chi connectivity index (χ2n) is 7.19. The maximum Gasteiger partial charge on any atom is 0.244 e. The summed E-state index contributed by atoms with van der Waals surface area (Å²) in [7, 11) is 3.30. The smallest absolute Gasteiger partial charge is 0.244 e. The van der Waals surface area contributed by atoms with Crippen LogP contribution in [0.3, 0.4) is 0 Å². The molecule has 27 heavy (non-hydrogen) atoms. The van der Waals surface area contributed by atoms with Crippen molar-refractivity contribution in [3.05, 3.63) is 34.9 Å². The van der Waals surface area contributed by atoms with Gasteiger partial charge in [0.25, 0.3) is 0 Å². The van der Waals surface area contributed by atoms with E-state index in [1.807, 2.05) is 19.9 Å². The average molecular weight is 374 g/mol. The molecule has 0 saturated heterocycles. The number of carbonyl (C=O) groups excluding carboxylic acids is 2. The lowest BCUT2D eigenvalue weighted by atomic mass is 10.1. The van der Waals surface area contributed by atoms with Gasteiger partial charge in [0.05, 0.1) is 36.6 Å². The minimum Gasteiger partial charge on any atom is -0.386 e. The Balaban J connectivity index is 1.66. The number of nitrogens with zero attached hydrogens (tertiary/aromatic N) is 6. The SMILES string of the molecule is Cc1cc(C)n(CC(=O)N2CCn3nc(C(O)CC(=O)N(C)C)cc3C2)n1. The second-order valence-corrected chi connectivity index (χ2v) is 7.19. The molecule has 1 aliphatic rings. The highest BCUT2D eigenvalue weighted by Gasteiger charge is 2.25. The van der Waals surface area contributed by atoms with E-state index in [1.54, 1.807) is 34.4 Å². The molecule has 2 aromatic rings. The summed E-state index contributed by atoms with van der Waals surface area (Å²) in [5.41, 5.74) is 3.17. The number of aliphatic hydroxyl groups excluding tert-OH is 1. The van der Waals surface area contributed by atoms with Gasteiger partial charge in [-0.25, -0.2) is 0 Å². The molecule has 2 aromatic heterocycles. The molecule has 3 rings (SSSR count). The third-order valence-corrected chi connectivity index (χ3v) is 4.77. The number of fused-ring (bicyclic) bond motifs is 1. The molecule has 0 fully saturated rings. The topological polar surface area (TPSA) is 96.5 Å². The van der Waals surface area contributed by atoms with Crippen molar-refractivity contribution in [2.24, 2.45) is 0 Å². The Labute approximate surface area is 158 Å². The van der Waals surface area contributed by atoms with Crippen LogP contribution in [-0.4, -0.2) is 66.9 Å². The summed E-state index contributed by atoms with van der Waals surface area (Å²) < 4.78 is 3.51. The van der Waals surface area contributed by atoms with E-state index < -0.39 is 6.10 Å². The summed E-state index contributed by atoms with van der Waals surface area (Å²) >= 11 is 0. The summed E-state index contributed by atoms with van der Waals surface area (Å²) in [6, 6.07) is 3.72. The van der Waals surface area contributed by atoms with Gasteiger partial charge < -0.3 is 14.9 Å². The Morgan fingerprint density at radius 3 is 2.59 bits per heavy atom. The van der Waals surface area contributed by atoms with Gasteiger partial charge in [0.1, 0.15) is 12.6 Å². The van der Waals surface area contributed by atoms with E-state index in [2.05, 4.69) is 10.2 Å². The third-order valence-electron chi connectivity index (χ3n) is 4.77. The first-order chi connectivity index (χ1) is 12.7. The number of hydrogen-bond acceptors (Lipinski definition) is 5. The van der Waals surface area contributed by atoms with Crippen LogP contribution in [0.5, 0.6) is 0 Å². The molecule has 1 unspecified atom stereocenters. The van der Waals surface area contributed by atoms with Crippen molar-refractivity contribution in [3.8, 4) is 0 Å². The fraction of sp³-hybridized carbons (Fsp3) is 0.556. The van der Waals surface area contributed by atoms with Crippen molar-refractivity contribution < 1.29 is 14.7 Å². The van der Waals surface area contributed by atoms with Gasteiger partial charge in [0.15, 0.2) is 0 Å². The zero-order valence-corrected chi connectivity index (χ0v) is 16.2. The number of carbonyl (C=O) groups is 2. The first kappa shape index (κ1) is 19.1. The molecule has 146 valence electrons. The molecule has 0 aromatic carbocycles. The molecular weight excluding hydrogens is 348 g/mol. The molecular formula is C18H26N6O3. The van der Waals surface area contributed by atoms with Gasteiger partial charge in [0.2, 0.25) is 11.8 Å². The van der Waals surface area contributed by atoms with Crippen LogP contribution < -0.4 is 0 Å². The monoisotopic (exact) mass is 374 g/mol. The van der Waals surface area contributed by atoms with Crippen LogP contribution in [0.4, 0.5) is 0 Å². The van der Waals surface area contributed by atoms with Crippen LogP contribution in [-0.2, 0) is 29.2 Å².